The molecule has 0 fully saturated rings. The van der Waals surface area contributed by atoms with Crippen LogP contribution in [-0.2, 0) is 14.4 Å². The van der Waals surface area contributed by atoms with Gasteiger partial charge in [-0.3, -0.25) is 14.4 Å². The predicted octanol–water partition coefficient (Wildman–Crippen LogP) is 5.84. The van der Waals surface area contributed by atoms with Crippen molar-refractivity contribution in [2.45, 2.75) is 13.0 Å². The summed E-state index contributed by atoms with van der Waals surface area (Å²) in [5.74, 6) is -0.514. The Balaban J connectivity index is 2.03. The molecule has 0 spiro atoms. The van der Waals surface area contributed by atoms with Crippen LogP contribution in [0.15, 0.2) is 77.3 Å². The molecule has 3 aromatic rings. The Morgan fingerprint density at radius 1 is 0.707 bits per heavy atom. The van der Waals surface area contributed by atoms with Crippen LogP contribution in [0.25, 0.3) is 12.2 Å². The number of methoxy groups -OCH3 is 4. The number of allylic oxidation sites excluding steroid dienone is 2. The summed E-state index contributed by atoms with van der Waals surface area (Å²) in [6, 6.07) is 16.6. The van der Waals surface area contributed by atoms with Crippen molar-refractivity contribution in [3.63, 3.8) is 0 Å². The molecule has 0 aliphatic carbocycles. The minimum Gasteiger partial charge on any atom is -0.493 e. The lowest BCUT2D eigenvalue weighted by atomic mass is 9.85. The van der Waals surface area contributed by atoms with Crippen LogP contribution in [0, 0.1) is 5.92 Å². The third kappa shape index (κ3) is 8.31. The van der Waals surface area contributed by atoms with E-state index in [1.54, 1.807) is 66.7 Å². The quantitative estimate of drug-likeness (QED) is 0.189. The summed E-state index contributed by atoms with van der Waals surface area (Å²) in [6.07, 6.45) is 5.85. The third-order valence-electron chi connectivity index (χ3n) is 6.21. The van der Waals surface area contributed by atoms with Gasteiger partial charge >= 0.3 is 0 Å². The highest BCUT2D eigenvalue weighted by Gasteiger charge is 2.34. The number of nitrogens with one attached hydrogen (secondary N) is 1. The molecule has 1 unspecified atom stereocenters. The van der Waals surface area contributed by atoms with Crippen molar-refractivity contribution in [2.75, 3.05) is 28.4 Å². The van der Waals surface area contributed by atoms with Gasteiger partial charge in [0.05, 0.1) is 34.5 Å². The maximum atomic E-state index is 13.7. The van der Waals surface area contributed by atoms with Gasteiger partial charge in [0.1, 0.15) is 5.92 Å². The molecule has 214 valence electrons. The van der Waals surface area contributed by atoms with Crippen LogP contribution >= 0.6 is 15.9 Å². The van der Waals surface area contributed by atoms with Gasteiger partial charge in [-0.15, -0.1) is 0 Å². The van der Waals surface area contributed by atoms with Crippen molar-refractivity contribution in [3.8, 4) is 23.0 Å². The fourth-order valence-electron chi connectivity index (χ4n) is 4.22. The Bertz CT molecular complexity index is 1390. The maximum absolute atomic E-state index is 13.7. The van der Waals surface area contributed by atoms with Crippen LogP contribution in [0.1, 0.15) is 29.7 Å². The Kier molecular flexibility index (Phi) is 11.3. The zero-order valence-electron chi connectivity index (χ0n) is 23.5. The number of carbonyl (C=O) groups is 3. The Hall–Kier alpha value is -4.37. The second kappa shape index (κ2) is 14.9. The molecule has 0 aliphatic heterocycles. The van der Waals surface area contributed by atoms with Gasteiger partial charge in [0.15, 0.2) is 34.6 Å². The maximum Gasteiger partial charge on any atom is 0.217 e. The number of hydrogen-bond donors (Lipinski definition) is 1. The number of ether oxygens (including phenoxy) is 4. The highest BCUT2D eigenvalue weighted by Crippen LogP contribution is 2.31. The Morgan fingerprint density at radius 3 is 1.61 bits per heavy atom. The first-order valence-electron chi connectivity index (χ1n) is 12.6. The molecule has 0 saturated carbocycles. The normalized spacial score (nSPS) is 12.5. The van der Waals surface area contributed by atoms with E-state index in [0.29, 0.717) is 39.7 Å². The molecule has 9 heteroatoms. The second-order valence-electron chi connectivity index (χ2n) is 8.91. The fraction of sp³-hybridized carbons (Fsp3) is 0.219. The molecule has 41 heavy (non-hydrogen) atoms. The van der Waals surface area contributed by atoms with E-state index in [2.05, 4.69) is 21.2 Å². The highest BCUT2D eigenvalue weighted by molar-refractivity contribution is 9.10. The van der Waals surface area contributed by atoms with Crippen molar-refractivity contribution in [1.29, 1.82) is 0 Å². The van der Waals surface area contributed by atoms with Crippen molar-refractivity contribution >= 4 is 45.6 Å². The van der Waals surface area contributed by atoms with Crippen molar-refractivity contribution in [1.82, 2.24) is 5.32 Å². The molecule has 3 aromatic carbocycles. The molecule has 0 saturated heterocycles. The van der Waals surface area contributed by atoms with Gasteiger partial charge in [-0.25, -0.2) is 0 Å². The summed E-state index contributed by atoms with van der Waals surface area (Å²) in [4.78, 5) is 39.7. The summed E-state index contributed by atoms with van der Waals surface area (Å²) in [6.45, 7) is 1.34. The van der Waals surface area contributed by atoms with Crippen LogP contribution in [0.4, 0.5) is 0 Å². The zero-order valence-corrected chi connectivity index (χ0v) is 25.1. The van der Waals surface area contributed by atoms with Gasteiger partial charge in [-0.05, 0) is 65.2 Å². The number of carbonyl (C=O) groups excluding carboxylic acids is 3. The summed E-state index contributed by atoms with van der Waals surface area (Å²) in [7, 11) is 6.11. The highest BCUT2D eigenvalue weighted by atomic mass is 79.9. The number of halogens is 1. The predicted molar refractivity (Wildman–Crippen MR) is 161 cm³/mol. The number of benzene rings is 3. The van der Waals surface area contributed by atoms with Gasteiger partial charge in [0.25, 0.3) is 0 Å². The molecule has 3 rings (SSSR count). The summed E-state index contributed by atoms with van der Waals surface area (Å²) < 4.78 is 22.0. The minimum atomic E-state index is -1.25. The molecular weight excluding hydrogens is 590 g/mol. The number of amides is 1. The minimum absolute atomic E-state index is 0.381. The molecular formula is C32H32BrNO7. The summed E-state index contributed by atoms with van der Waals surface area (Å²) in [5, 5.41) is 2.81. The monoisotopic (exact) mass is 621 g/mol. The second-order valence-corrected chi connectivity index (χ2v) is 9.83. The van der Waals surface area contributed by atoms with E-state index in [1.807, 2.05) is 6.07 Å². The van der Waals surface area contributed by atoms with Crippen LogP contribution in [0.3, 0.4) is 0 Å². The molecule has 8 nitrogen and oxygen atoms in total. The SMILES string of the molecule is COc1ccc(C=CC(=O)C(C(=O)C=Cc2ccc(OC)c(OC)c2)C(NC(C)=O)c2cccc(Br)c2)cc1OC. The van der Waals surface area contributed by atoms with Crippen LogP contribution in [0.5, 0.6) is 23.0 Å². The molecule has 1 N–H and O–H groups in total. The summed E-state index contributed by atoms with van der Waals surface area (Å²) in [5.41, 5.74) is 1.93. The molecule has 0 heterocycles. The average Bonchev–Trinajstić information content (AvgIpc) is 2.97. The van der Waals surface area contributed by atoms with Crippen LogP contribution < -0.4 is 24.3 Å². The lowest BCUT2D eigenvalue weighted by Gasteiger charge is -2.25. The van der Waals surface area contributed by atoms with E-state index < -0.39 is 23.5 Å². The first kappa shape index (κ1) is 31.2. The van der Waals surface area contributed by atoms with E-state index >= 15 is 0 Å². The van der Waals surface area contributed by atoms with Gasteiger partial charge in [-0.1, -0.05) is 52.3 Å². The molecule has 1 atom stereocenters. The van der Waals surface area contributed by atoms with Gasteiger partial charge < -0.3 is 24.3 Å². The number of hydrogen-bond acceptors (Lipinski definition) is 7. The lowest BCUT2D eigenvalue weighted by molar-refractivity contribution is -0.129. The first-order chi connectivity index (χ1) is 19.7. The molecule has 0 bridgehead atoms. The fourth-order valence-corrected chi connectivity index (χ4v) is 4.64. The zero-order chi connectivity index (χ0) is 29.9. The third-order valence-corrected chi connectivity index (χ3v) is 6.70. The van der Waals surface area contributed by atoms with E-state index in [1.165, 1.54) is 47.5 Å². The number of ketones is 2. The molecule has 0 radical (unpaired) electrons. The average molecular weight is 623 g/mol. The van der Waals surface area contributed by atoms with E-state index in [9.17, 15) is 14.4 Å². The standard InChI is InChI=1S/C32H32BrNO7/c1-20(35)34-32(23-7-6-8-24(33)19-23)31(25(36)13-9-21-11-15-27(38-2)29(17-21)40-4)26(37)14-10-22-12-16-28(39-3)30(18-22)41-5/h6-19,31-32H,1-5H3,(H,34,35). The largest absolute Gasteiger partial charge is 0.493 e. The van der Waals surface area contributed by atoms with Gasteiger partial charge in [-0.2, -0.15) is 0 Å². The Labute approximate surface area is 248 Å². The molecule has 0 aromatic heterocycles. The van der Waals surface area contributed by atoms with Gasteiger partial charge in [0.2, 0.25) is 5.91 Å². The van der Waals surface area contributed by atoms with E-state index in [4.69, 9.17) is 18.9 Å². The lowest BCUT2D eigenvalue weighted by Crippen LogP contribution is -2.39. The molecule has 1 amide bonds. The van der Waals surface area contributed by atoms with Crippen molar-refractivity contribution < 1.29 is 33.3 Å². The topological polar surface area (TPSA) is 100 Å². The summed E-state index contributed by atoms with van der Waals surface area (Å²) >= 11 is 3.44. The number of rotatable bonds is 13. The van der Waals surface area contributed by atoms with Gasteiger partial charge in [0, 0.05) is 11.4 Å². The van der Waals surface area contributed by atoms with E-state index in [-0.39, 0.29) is 5.91 Å². The molecule has 0 aliphatic rings. The Morgan fingerprint density at radius 2 is 1.20 bits per heavy atom. The van der Waals surface area contributed by atoms with Crippen molar-refractivity contribution in [2.24, 2.45) is 5.92 Å². The van der Waals surface area contributed by atoms with Crippen LogP contribution in [0.2, 0.25) is 0 Å². The van der Waals surface area contributed by atoms with Crippen molar-refractivity contribution in [3.05, 3.63) is 94.0 Å². The first-order valence-corrected chi connectivity index (χ1v) is 13.4. The smallest absolute Gasteiger partial charge is 0.217 e. The van der Waals surface area contributed by atoms with E-state index in [0.717, 1.165) is 4.47 Å². The van der Waals surface area contributed by atoms with Crippen LogP contribution in [-0.4, -0.2) is 45.9 Å².